The molecule has 26 heavy (non-hydrogen) atoms. The molecule has 0 saturated carbocycles. The van der Waals surface area contributed by atoms with Crippen LogP contribution in [0.1, 0.15) is 31.2 Å². The van der Waals surface area contributed by atoms with Gasteiger partial charge in [-0.3, -0.25) is 4.79 Å². The molecule has 6 nitrogen and oxygen atoms in total. The topological polar surface area (TPSA) is 66.9 Å². The van der Waals surface area contributed by atoms with Crippen molar-refractivity contribution < 1.29 is 17.4 Å². The Balaban J connectivity index is 1.57. The van der Waals surface area contributed by atoms with Gasteiger partial charge in [0.15, 0.2) is 0 Å². The summed E-state index contributed by atoms with van der Waals surface area (Å²) in [6.45, 7) is 4.10. The Bertz CT molecular complexity index is 752. The Morgan fingerprint density at radius 2 is 1.85 bits per heavy atom. The lowest BCUT2D eigenvalue weighted by Crippen LogP contribution is -2.41. The number of carbonyl (C=O) groups excluding carboxylic acids is 1. The van der Waals surface area contributed by atoms with Gasteiger partial charge in [0, 0.05) is 25.2 Å². The van der Waals surface area contributed by atoms with Crippen LogP contribution < -0.4 is 4.18 Å². The van der Waals surface area contributed by atoms with Gasteiger partial charge in [-0.15, -0.1) is 0 Å². The summed E-state index contributed by atoms with van der Waals surface area (Å²) in [5.74, 6) is 0.310. The highest BCUT2D eigenvalue weighted by atomic mass is 32.2. The maximum absolute atomic E-state index is 12.6. The molecule has 0 bridgehead atoms. The molecule has 2 aliphatic rings. The Kier molecular flexibility index (Phi) is 5.98. The lowest BCUT2D eigenvalue weighted by molar-refractivity contribution is -0.127. The highest BCUT2D eigenvalue weighted by Crippen LogP contribution is 2.21. The number of hydrogen-bond donors (Lipinski definition) is 0. The fraction of sp³-hybridized carbons (Fsp3) is 0.526. The number of carbonyl (C=O) groups is 1. The van der Waals surface area contributed by atoms with Crippen molar-refractivity contribution in [2.24, 2.45) is 0 Å². The first-order chi connectivity index (χ1) is 12.4. The van der Waals surface area contributed by atoms with E-state index in [1.54, 1.807) is 36.4 Å². The SMILES string of the molecule is CS(=O)(=O)Oc1ccc(/C=C/C(=O)N2CCCC2CN2CCCC2)cc1. The molecule has 2 fully saturated rings. The van der Waals surface area contributed by atoms with Gasteiger partial charge in [-0.25, -0.2) is 0 Å². The molecular formula is C19H26N2O4S. The van der Waals surface area contributed by atoms with Crippen LogP contribution in [-0.4, -0.2) is 62.6 Å². The van der Waals surface area contributed by atoms with Crippen molar-refractivity contribution in [2.45, 2.75) is 31.7 Å². The van der Waals surface area contributed by atoms with Crippen LogP contribution in [-0.2, 0) is 14.9 Å². The van der Waals surface area contributed by atoms with Crippen LogP contribution in [0.2, 0.25) is 0 Å². The van der Waals surface area contributed by atoms with Gasteiger partial charge < -0.3 is 14.0 Å². The van der Waals surface area contributed by atoms with Crippen LogP contribution in [0.5, 0.6) is 5.75 Å². The Labute approximate surface area is 155 Å². The molecule has 0 spiro atoms. The molecule has 1 aromatic rings. The second kappa shape index (κ2) is 8.22. The summed E-state index contributed by atoms with van der Waals surface area (Å²) in [7, 11) is -3.53. The monoisotopic (exact) mass is 378 g/mol. The first kappa shape index (κ1) is 18.9. The predicted octanol–water partition coefficient (Wildman–Crippen LogP) is 2.12. The van der Waals surface area contributed by atoms with Crippen LogP contribution in [0.25, 0.3) is 6.08 Å². The molecule has 1 atom stereocenters. The molecule has 2 saturated heterocycles. The summed E-state index contributed by atoms with van der Waals surface area (Å²) in [5, 5.41) is 0. The fourth-order valence-corrected chi connectivity index (χ4v) is 4.11. The average Bonchev–Trinajstić information content (AvgIpc) is 3.25. The smallest absolute Gasteiger partial charge is 0.306 e. The highest BCUT2D eigenvalue weighted by Gasteiger charge is 2.29. The summed E-state index contributed by atoms with van der Waals surface area (Å²) in [6, 6.07) is 6.94. The second-order valence-electron chi connectivity index (χ2n) is 7.03. The maximum atomic E-state index is 12.6. The minimum atomic E-state index is -3.53. The van der Waals surface area contributed by atoms with E-state index < -0.39 is 10.1 Å². The van der Waals surface area contributed by atoms with E-state index in [-0.39, 0.29) is 11.7 Å². The first-order valence-electron chi connectivity index (χ1n) is 9.11. The molecule has 1 amide bonds. The standard InChI is InChI=1S/C19H26N2O4S/c1-26(23,24)25-18-9-6-16(7-10-18)8-11-19(22)21-14-4-5-17(21)15-20-12-2-3-13-20/h6-11,17H,2-5,12-15H2,1H3/b11-8+. The van der Waals surface area contributed by atoms with Gasteiger partial charge in [-0.2, -0.15) is 8.42 Å². The minimum Gasteiger partial charge on any atom is -0.383 e. The molecule has 1 aromatic carbocycles. The lowest BCUT2D eigenvalue weighted by atomic mass is 10.2. The van der Waals surface area contributed by atoms with E-state index in [2.05, 4.69) is 4.90 Å². The van der Waals surface area contributed by atoms with Gasteiger partial charge in [-0.05, 0) is 62.5 Å². The molecule has 0 N–H and O–H groups in total. The van der Waals surface area contributed by atoms with E-state index in [4.69, 9.17) is 4.18 Å². The largest absolute Gasteiger partial charge is 0.383 e. The second-order valence-corrected chi connectivity index (χ2v) is 8.60. The Morgan fingerprint density at radius 1 is 1.15 bits per heavy atom. The Hall–Kier alpha value is -1.86. The quantitative estimate of drug-likeness (QED) is 0.560. The summed E-state index contributed by atoms with van der Waals surface area (Å²) in [5.41, 5.74) is 0.828. The zero-order chi connectivity index (χ0) is 18.6. The van der Waals surface area contributed by atoms with E-state index >= 15 is 0 Å². The average molecular weight is 378 g/mol. The van der Waals surface area contributed by atoms with Crippen LogP contribution in [0.15, 0.2) is 30.3 Å². The van der Waals surface area contributed by atoms with Crippen LogP contribution >= 0.6 is 0 Å². The molecule has 2 heterocycles. The number of nitrogens with zero attached hydrogens (tertiary/aromatic N) is 2. The molecule has 0 radical (unpaired) electrons. The zero-order valence-electron chi connectivity index (χ0n) is 15.1. The van der Waals surface area contributed by atoms with Gasteiger partial charge >= 0.3 is 10.1 Å². The molecule has 142 valence electrons. The van der Waals surface area contributed by atoms with Gasteiger partial charge in [-0.1, -0.05) is 12.1 Å². The van der Waals surface area contributed by atoms with Crippen molar-refractivity contribution in [3.63, 3.8) is 0 Å². The van der Waals surface area contributed by atoms with Gasteiger partial charge in [0.25, 0.3) is 0 Å². The normalized spacial score (nSPS) is 21.6. The summed E-state index contributed by atoms with van der Waals surface area (Å²) in [4.78, 5) is 17.0. The molecule has 0 aromatic heterocycles. The van der Waals surface area contributed by atoms with Crippen molar-refractivity contribution in [1.29, 1.82) is 0 Å². The van der Waals surface area contributed by atoms with Crippen LogP contribution in [0.4, 0.5) is 0 Å². The molecular weight excluding hydrogens is 352 g/mol. The first-order valence-corrected chi connectivity index (χ1v) is 10.9. The molecule has 1 unspecified atom stereocenters. The lowest BCUT2D eigenvalue weighted by Gasteiger charge is -2.27. The summed E-state index contributed by atoms with van der Waals surface area (Å²) < 4.78 is 27.0. The Morgan fingerprint density at radius 3 is 2.50 bits per heavy atom. The number of amides is 1. The van der Waals surface area contributed by atoms with E-state index in [0.29, 0.717) is 6.04 Å². The van der Waals surface area contributed by atoms with E-state index in [1.807, 2.05) is 4.90 Å². The number of rotatable bonds is 6. The van der Waals surface area contributed by atoms with Crippen molar-refractivity contribution in [3.05, 3.63) is 35.9 Å². The molecule has 3 rings (SSSR count). The maximum Gasteiger partial charge on any atom is 0.306 e. The zero-order valence-corrected chi connectivity index (χ0v) is 16.0. The molecule has 2 aliphatic heterocycles. The van der Waals surface area contributed by atoms with Crippen molar-refractivity contribution >= 4 is 22.1 Å². The fourth-order valence-electron chi connectivity index (χ4n) is 3.65. The van der Waals surface area contributed by atoms with Crippen molar-refractivity contribution in [2.75, 3.05) is 32.4 Å². The van der Waals surface area contributed by atoms with Crippen LogP contribution in [0.3, 0.4) is 0 Å². The third kappa shape index (κ3) is 5.32. The van der Waals surface area contributed by atoms with Gasteiger partial charge in [0.05, 0.1) is 6.26 Å². The van der Waals surface area contributed by atoms with Crippen molar-refractivity contribution in [1.82, 2.24) is 9.80 Å². The third-order valence-corrected chi connectivity index (χ3v) is 5.37. The van der Waals surface area contributed by atoms with Gasteiger partial charge in [0.1, 0.15) is 5.75 Å². The third-order valence-electron chi connectivity index (χ3n) is 4.87. The highest BCUT2D eigenvalue weighted by molar-refractivity contribution is 7.86. The summed E-state index contributed by atoms with van der Waals surface area (Å²) in [6.07, 6.45) is 9.04. The number of benzene rings is 1. The van der Waals surface area contributed by atoms with Crippen molar-refractivity contribution in [3.8, 4) is 5.75 Å². The van der Waals surface area contributed by atoms with E-state index in [9.17, 15) is 13.2 Å². The number of hydrogen-bond acceptors (Lipinski definition) is 5. The minimum absolute atomic E-state index is 0.0446. The number of likely N-dealkylation sites (tertiary alicyclic amines) is 2. The molecule has 7 heteroatoms. The summed E-state index contributed by atoms with van der Waals surface area (Å²) >= 11 is 0. The van der Waals surface area contributed by atoms with E-state index in [0.717, 1.165) is 50.8 Å². The van der Waals surface area contributed by atoms with Gasteiger partial charge in [0.2, 0.25) is 5.91 Å². The van der Waals surface area contributed by atoms with E-state index in [1.165, 1.54) is 12.8 Å². The molecule has 0 aliphatic carbocycles. The van der Waals surface area contributed by atoms with Crippen LogP contribution in [0, 0.1) is 0 Å². The predicted molar refractivity (Wildman–Crippen MR) is 101 cm³/mol.